The molecule has 3 heterocycles. The summed E-state index contributed by atoms with van der Waals surface area (Å²) < 4.78 is 6.53. The third kappa shape index (κ3) is 4.73. The van der Waals surface area contributed by atoms with Gasteiger partial charge in [-0.25, -0.2) is 4.98 Å². The van der Waals surface area contributed by atoms with Crippen molar-refractivity contribution in [2.24, 2.45) is 0 Å². The van der Waals surface area contributed by atoms with Crippen LogP contribution in [0.15, 0.2) is 36.4 Å². The molecule has 5 nitrogen and oxygen atoms in total. The van der Waals surface area contributed by atoms with Crippen molar-refractivity contribution in [2.45, 2.75) is 12.8 Å². The predicted molar refractivity (Wildman–Crippen MR) is 112 cm³/mol. The number of carbonyl (C=O) groups excluding carboxylic acids is 1. The minimum atomic E-state index is 0.0127. The molecule has 0 atom stereocenters. The van der Waals surface area contributed by atoms with Gasteiger partial charge in [0.2, 0.25) is 0 Å². The molecule has 0 saturated carbocycles. The highest BCUT2D eigenvalue weighted by Gasteiger charge is 2.13. The predicted octanol–water partition coefficient (Wildman–Crippen LogP) is 3.87. The Morgan fingerprint density at radius 3 is 2.81 bits per heavy atom. The SMILES string of the molecule is O=C(NCCCCN1CCOCC1)c1ccc(-c2nc3ccccc3s2)s1. The van der Waals surface area contributed by atoms with Crippen LogP contribution in [0.25, 0.3) is 20.1 Å². The van der Waals surface area contributed by atoms with Gasteiger partial charge in [-0.1, -0.05) is 12.1 Å². The molecule has 3 aromatic rings. The summed E-state index contributed by atoms with van der Waals surface area (Å²) in [5, 5.41) is 4.02. The van der Waals surface area contributed by atoms with Gasteiger partial charge in [-0.2, -0.15) is 0 Å². The normalized spacial score (nSPS) is 15.3. The maximum absolute atomic E-state index is 12.4. The van der Waals surface area contributed by atoms with E-state index in [1.165, 1.54) is 16.0 Å². The fraction of sp³-hybridized carbons (Fsp3) is 0.400. The number of amides is 1. The van der Waals surface area contributed by atoms with Crippen LogP contribution < -0.4 is 5.32 Å². The lowest BCUT2D eigenvalue weighted by Crippen LogP contribution is -2.37. The lowest BCUT2D eigenvalue weighted by molar-refractivity contribution is 0.0372. The fourth-order valence-corrected chi connectivity index (χ4v) is 5.07. The molecule has 0 spiro atoms. The van der Waals surface area contributed by atoms with Gasteiger partial charge in [-0.3, -0.25) is 9.69 Å². The molecule has 1 amide bonds. The van der Waals surface area contributed by atoms with Gasteiger partial charge in [0, 0.05) is 19.6 Å². The first kappa shape index (κ1) is 18.6. The number of nitrogens with one attached hydrogen (secondary N) is 1. The van der Waals surface area contributed by atoms with Gasteiger partial charge in [0.25, 0.3) is 5.91 Å². The van der Waals surface area contributed by atoms with Gasteiger partial charge in [0.15, 0.2) is 0 Å². The van der Waals surface area contributed by atoms with E-state index in [0.29, 0.717) is 0 Å². The second-order valence-electron chi connectivity index (χ2n) is 6.57. The van der Waals surface area contributed by atoms with Crippen LogP contribution in [0.5, 0.6) is 0 Å². The molecule has 0 unspecified atom stereocenters. The maximum Gasteiger partial charge on any atom is 0.261 e. The first-order valence-corrected chi connectivity index (χ1v) is 11.0. The summed E-state index contributed by atoms with van der Waals surface area (Å²) in [5.41, 5.74) is 1.01. The van der Waals surface area contributed by atoms with Gasteiger partial charge in [0.05, 0.1) is 33.2 Å². The maximum atomic E-state index is 12.4. The lowest BCUT2D eigenvalue weighted by Gasteiger charge is -2.26. The number of ether oxygens (including phenoxy) is 1. The minimum Gasteiger partial charge on any atom is -0.379 e. The molecule has 0 aliphatic carbocycles. The van der Waals surface area contributed by atoms with Crippen LogP contribution in [0.3, 0.4) is 0 Å². The molecule has 2 aromatic heterocycles. The summed E-state index contributed by atoms with van der Waals surface area (Å²) in [6.07, 6.45) is 2.10. The summed E-state index contributed by atoms with van der Waals surface area (Å²) in [6.45, 7) is 5.53. The van der Waals surface area contributed by atoms with E-state index >= 15 is 0 Å². The second kappa shape index (κ2) is 8.93. The van der Waals surface area contributed by atoms with E-state index in [-0.39, 0.29) is 5.91 Å². The van der Waals surface area contributed by atoms with E-state index in [1.807, 2.05) is 30.3 Å². The molecule has 1 saturated heterocycles. The monoisotopic (exact) mass is 401 g/mol. The quantitative estimate of drug-likeness (QED) is 0.611. The Morgan fingerprint density at radius 2 is 1.96 bits per heavy atom. The molecule has 4 rings (SSSR count). The average molecular weight is 402 g/mol. The van der Waals surface area contributed by atoms with Crippen LogP contribution in [0, 0.1) is 0 Å². The highest BCUT2D eigenvalue weighted by molar-refractivity contribution is 7.26. The van der Waals surface area contributed by atoms with Crippen LogP contribution in [0.1, 0.15) is 22.5 Å². The largest absolute Gasteiger partial charge is 0.379 e. The highest BCUT2D eigenvalue weighted by Crippen LogP contribution is 2.34. The van der Waals surface area contributed by atoms with E-state index in [1.54, 1.807) is 11.3 Å². The average Bonchev–Trinajstić information content (AvgIpc) is 3.35. The number of fused-ring (bicyclic) bond motifs is 1. The number of carbonyl (C=O) groups is 1. The zero-order valence-corrected chi connectivity index (χ0v) is 16.8. The van der Waals surface area contributed by atoms with E-state index in [4.69, 9.17) is 4.74 Å². The molecule has 1 aliphatic rings. The molecule has 7 heteroatoms. The summed E-state index contributed by atoms with van der Waals surface area (Å²) >= 11 is 3.18. The molecule has 1 aliphatic heterocycles. The van der Waals surface area contributed by atoms with Crippen LogP contribution in [0.2, 0.25) is 0 Å². The second-order valence-corrected chi connectivity index (χ2v) is 8.68. The van der Waals surface area contributed by atoms with Crippen molar-refractivity contribution in [1.82, 2.24) is 15.2 Å². The number of unbranched alkanes of at least 4 members (excludes halogenated alkanes) is 1. The molecule has 1 N–H and O–H groups in total. The third-order valence-corrected chi connectivity index (χ3v) is 6.91. The number of benzene rings is 1. The lowest BCUT2D eigenvalue weighted by atomic mass is 10.2. The van der Waals surface area contributed by atoms with Crippen molar-refractivity contribution in [3.63, 3.8) is 0 Å². The summed E-state index contributed by atoms with van der Waals surface area (Å²) in [6, 6.07) is 12.0. The van der Waals surface area contributed by atoms with Crippen LogP contribution in [-0.4, -0.2) is 55.2 Å². The number of aromatic nitrogens is 1. The van der Waals surface area contributed by atoms with Crippen molar-refractivity contribution in [3.05, 3.63) is 41.3 Å². The fourth-order valence-electron chi connectivity index (χ4n) is 3.13. The molecule has 0 bridgehead atoms. The van der Waals surface area contributed by atoms with Crippen LogP contribution in [-0.2, 0) is 4.74 Å². The van der Waals surface area contributed by atoms with Gasteiger partial charge >= 0.3 is 0 Å². The minimum absolute atomic E-state index is 0.0127. The van der Waals surface area contributed by atoms with E-state index in [2.05, 4.69) is 21.3 Å². The topological polar surface area (TPSA) is 54.5 Å². The molecule has 0 radical (unpaired) electrons. The summed E-state index contributed by atoms with van der Waals surface area (Å²) in [4.78, 5) is 21.3. The molecule has 1 fully saturated rings. The van der Waals surface area contributed by atoms with Gasteiger partial charge in [-0.15, -0.1) is 22.7 Å². The number of hydrogen-bond acceptors (Lipinski definition) is 6. The zero-order valence-electron chi connectivity index (χ0n) is 15.1. The van der Waals surface area contributed by atoms with E-state index in [9.17, 15) is 4.79 Å². The Kier molecular flexibility index (Phi) is 6.14. The van der Waals surface area contributed by atoms with Gasteiger partial charge in [-0.05, 0) is 43.7 Å². The molecular formula is C20H23N3O2S2. The van der Waals surface area contributed by atoms with Crippen LogP contribution >= 0.6 is 22.7 Å². The first-order valence-electron chi connectivity index (χ1n) is 9.34. The number of morpholine rings is 1. The number of para-hydroxylation sites is 1. The van der Waals surface area contributed by atoms with E-state index < -0.39 is 0 Å². The molecular weight excluding hydrogens is 378 g/mol. The Hall–Kier alpha value is -1.80. The third-order valence-electron chi connectivity index (χ3n) is 4.62. The van der Waals surface area contributed by atoms with Crippen molar-refractivity contribution in [2.75, 3.05) is 39.4 Å². The molecule has 1 aromatic carbocycles. The van der Waals surface area contributed by atoms with Gasteiger partial charge < -0.3 is 10.1 Å². The van der Waals surface area contributed by atoms with Crippen molar-refractivity contribution < 1.29 is 9.53 Å². The van der Waals surface area contributed by atoms with E-state index in [0.717, 1.165) is 72.5 Å². The number of thiophene rings is 1. The Labute approximate surface area is 167 Å². The Bertz CT molecular complexity index is 866. The molecule has 142 valence electrons. The Balaban J connectivity index is 1.26. The smallest absolute Gasteiger partial charge is 0.261 e. The first-order chi connectivity index (χ1) is 13.3. The number of thiazole rings is 1. The molecule has 27 heavy (non-hydrogen) atoms. The van der Waals surface area contributed by atoms with Crippen molar-refractivity contribution in [1.29, 1.82) is 0 Å². The van der Waals surface area contributed by atoms with Crippen molar-refractivity contribution in [3.8, 4) is 9.88 Å². The summed E-state index contributed by atoms with van der Waals surface area (Å²) in [5.74, 6) is 0.0127. The Morgan fingerprint density at radius 1 is 1.11 bits per heavy atom. The number of hydrogen-bond donors (Lipinski definition) is 1. The number of nitrogens with zero attached hydrogens (tertiary/aromatic N) is 2. The standard InChI is InChI=1S/C20H23N3O2S2/c24-19(21-9-3-4-10-23-11-13-25-14-12-23)17-7-8-18(26-17)20-22-15-5-1-2-6-16(15)27-20/h1-2,5-8H,3-4,9-14H2,(H,21,24). The van der Waals surface area contributed by atoms with Gasteiger partial charge in [0.1, 0.15) is 5.01 Å². The highest BCUT2D eigenvalue weighted by atomic mass is 32.1. The van der Waals surface area contributed by atoms with Crippen LogP contribution in [0.4, 0.5) is 0 Å². The number of rotatable bonds is 7. The van der Waals surface area contributed by atoms with Crippen molar-refractivity contribution >= 4 is 38.8 Å². The summed E-state index contributed by atoms with van der Waals surface area (Å²) in [7, 11) is 0. The zero-order chi connectivity index (χ0) is 18.5.